The lowest BCUT2D eigenvalue weighted by atomic mass is 9.44. The van der Waals surface area contributed by atoms with Crippen LogP contribution in [0.25, 0.3) is 0 Å². The van der Waals surface area contributed by atoms with Crippen LogP contribution in [0.3, 0.4) is 0 Å². The molecule has 5 N–H and O–H groups in total. The van der Waals surface area contributed by atoms with E-state index in [-0.39, 0.29) is 22.7 Å². The quantitative estimate of drug-likeness (QED) is 0.355. The molecule has 4 aliphatic carbocycles. The van der Waals surface area contributed by atoms with Gasteiger partial charge >= 0.3 is 5.97 Å². The van der Waals surface area contributed by atoms with Gasteiger partial charge in [-0.25, -0.2) is 4.79 Å². The minimum absolute atomic E-state index is 0.0987. The summed E-state index contributed by atoms with van der Waals surface area (Å²) in [6.45, 7) is 6.04. The fraction of sp³-hybridized carbons (Fsp3) is 0.926. The number of hydrogen-bond donors (Lipinski definition) is 5. The van der Waals surface area contributed by atoms with Crippen LogP contribution in [0.2, 0.25) is 0 Å². The van der Waals surface area contributed by atoms with Crippen molar-refractivity contribution in [3.63, 3.8) is 0 Å². The van der Waals surface area contributed by atoms with Crippen molar-refractivity contribution >= 4 is 11.8 Å². The molecule has 13 atom stereocenters. The molecule has 5 fully saturated rings. The number of aliphatic carboxylic acids is 1. The van der Waals surface area contributed by atoms with Gasteiger partial charge in [0, 0.05) is 5.41 Å². The van der Waals surface area contributed by atoms with Gasteiger partial charge in [0.05, 0.1) is 6.10 Å². The molecule has 9 nitrogen and oxygen atoms in total. The van der Waals surface area contributed by atoms with Crippen molar-refractivity contribution in [1.82, 2.24) is 0 Å². The number of Topliss-reactive ketones (excluding diaryl/α,β-unsaturated/α-hetero) is 1. The van der Waals surface area contributed by atoms with Gasteiger partial charge < -0.3 is 35.0 Å². The molecule has 1 saturated heterocycles. The smallest absolute Gasteiger partial charge is 0.335 e. The molecule has 0 spiro atoms. The van der Waals surface area contributed by atoms with Crippen LogP contribution in [0, 0.1) is 34.5 Å². The van der Waals surface area contributed by atoms with Crippen LogP contribution in [-0.4, -0.2) is 79.7 Å². The fourth-order valence-electron chi connectivity index (χ4n) is 9.29. The average molecular weight is 511 g/mol. The summed E-state index contributed by atoms with van der Waals surface area (Å²) in [6, 6.07) is 0. The Hall–Kier alpha value is -1.10. The molecular formula is C27H42O9. The van der Waals surface area contributed by atoms with Crippen molar-refractivity contribution < 1.29 is 44.6 Å². The lowest BCUT2D eigenvalue weighted by Gasteiger charge is -2.61. The Kier molecular flexibility index (Phi) is 6.62. The summed E-state index contributed by atoms with van der Waals surface area (Å²) >= 11 is 0. The van der Waals surface area contributed by atoms with E-state index in [1.807, 2.05) is 0 Å². The number of aliphatic hydroxyl groups is 4. The van der Waals surface area contributed by atoms with Gasteiger partial charge in [-0.15, -0.1) is 0 Å². The molecule has 0 aromatic heterocycles. The third-order valence-electron chi connectivity index (χ3n) is 11.5. The van der Waals surface area contributed by atoms with E-state index in [4.69, 9.17) is 9.47 Å². The second-order valence-corrected chi connectivity index (χ2v) is 12.8. The summed E-state index contributed by atoms with van der Waals surface area (Å²) in [7, 11) is 0. The van der Waals surface area contributed by atoms with Gasteiger partial charge in [0.1, 0.15) is 23.9 Å². The summed E-state index contributed by atoms with van der Waals surface area (Å²) in [4.78, 5) is 23.9. The van der Waals surface area contributed by atoms with Crippen LogP contribution < -0.4 is 0 Å². The van der Waals surface area contributed by atoms with Crippen molar-refractivity contribution in [2.75, 3.05) is 0 Å². The van der Waals surface area contributed by atoms with Gasteiger partial charge in [-0.3, -0.25) is 4.79 Å². The van der Waals surface area contributed by atoms with E-state index in [1.54, 1.807) is 0 Å². The van der Waals surface area contributed by atoms with Crippen LogP contribution >= 0.6 is 0 Å². The van der Waals surface area contributed by atoms with Crippen molar-refractivity contribution in [3.8, 4) is 0 Å². The van der Waals surface area contributed by atoms with Crippen LogP contribution in [-0.2, 0) is 19.1 Å². The Morgan fingerprint density at radius 1 is 0.889 bits per heavy atom. The predicted octanol–water partition coefficient (Wildman–Crippen LogP) is 1.63. The molecule has 204 valence electrons. The molecule has 36 heavy (non-hydrogen) atoms. The first-order chi connectivity index (χ1) is 16.8. The summed E-state index contributed by atoms with van der Waals surface area (Å²) in [5.41, 5.74) is -1.45. The highest BCUT2D eigenvalue weighted by atomic mass is 16.7. The molecule has 1 heterocycles. The zero-order valence-corrected chi connectivity index (χ0v) is 21.5. The number of aliphatic hydroxyl groups excluding tert-OH is 3. The van der Waals surface area contributed by atoms with Crippen LogP contribution in [0.5, 0.6) is 0 Å². The highest BCUT2D eigenvalue weighted by Crippen LogP contribution is 2.68. The normalized spacial score (nSPS) is 54.8. The SMILES string of the molecule is CC(=O)[C@]1(O)CCC2C3CC[C@@H]4C[C@H](O[C@@H]5O[C@H](C(=O)O)[C@@H](O)[C@H](O)[C@H]5O)CCC4(C)C3CC[C@@]21C. The number of carboxylic acids is 1. The maximum absolute atomic E-state index is 12.4. The van der Waals surface area contributed by atoms with E-state index in [1.165, 1.54) is 6.92 Å². The van der Waals surface area contributed by atoms with Crippen LogP contribution in [0.15, 0.2) is 0 Å². The van der Waals surface area contributed by atoms with Gasteiger partial charge in [0.25, 0.3) is 0 Å². The Morgan fingerprint density at radius 2 is 1.58 bits per heavy atom. The molecule has 5 rings (SSSR count). The highest BCUT2D eigenvalue weighted by molar-refractivity contribution is 5.86. The van der Waals surface area contributed by atoms with Crippen LogP contribution in [0.1, 0.15) is 78.6 Å². The second kappa shape index (κ2) is 8.99. The number of fused-ring (bicyclic) bond motifs is 5. The number of carboxylic acid groups (broad SMARTS) is 1. The molecule has 0 aromatic carbocycles. The minimum atomic E-state index is -1.73. The van der Waals surface area contributed by atoms with E-state index in [0.717, 1.165) is 51.4 Å². The van der Waals surface area contributed by atoms with Crippen molar-refractivity contribution in [1.29, 1.82) is 0 Å². The maximum Gasteiger partial charge on any atom is 0.335 e. The average Bonchev–Trinajstić information content (AvgIpc) is 3.11. The topological polar surface area (TPSA) is 154 Å². The lowest BCUT2D eigenvalue weighted by molar-refractivity contribution is -0.309. The fourth-order valence-corrected chi connectivity index (χ4v) is 9.29. The molecule has 0 radical (unpaired) electrons. The van der Waals surface area contributed by atoms with E-state index >= 15 is 0 Å². The lowest BCUT2D eigenvalue weighted by Crippen LogP contribution is -2.61. The molecule has 0 aromatic rings. The zero-order chi connectivity index (χ0) is 26.2. The number of carbonyl (C=O) groups is 2. The predicted molar refractivity (Wildman–Crippen MR) is 127 cm³/mol. The minimum Gasteiger partial charge on any atom is -0.479 e. The molecule has 4 saturated carbocycles. The number of ketones is 1. The first-order valence-electron chi connectivity index (χ1n) is 13.6. The molecule has 9 heteroatoms. The summed E-state index contributed by atoms with van der Waals surface area (Å²) in [5.74, 6) is 0.259. The van der Waals surface area contributed by atoms with Gasteiger partial charge in [0.15, 0.2) is 18.2 Å². The summed E-state index contributed by atoms with van der Waals surface area (Å²) in [6.07, 6.45) is -0.296. The largest absolute Gasteiger partial charge is 0.479 e. The van der Waals surface area contributed by atoms with E-state index in [9.17, 15) is 35.1 Å². The monoisotopic (exact) mass is 510 g/mol. The Morgan fingerprint density at radius 3 is 2.25 bits per heavy atom. The van der Waals surface area contributed by atoms with Crippen LogP contribution in [0.4, 0.5) is 0 Å². The number of ether oxygens (including phenoxy) is 2. The zero-order valence-electron chi connectivity index (χ0n) is 21.5. The molecular weight excluding hydrogens is 468 g/mol. The van der Waals surface area contributed by atoms with Gasteiger partial charge in [-0.1, -0.05) is 13.8 Å². The molecule has 4 unspecified atom stereocenters. The van der Waals surface area contributed by atoms with Crippen molar-refractivity contribution in [2.45, 2.75) is 121 Å². The second-order valence-electron chi connectivity index (χ2n) is 12.8. The Balaban J connectivity index is 1.28. The molecule has 0 amide bonds. The molecule has 1 aliphatic heterocycles. The number of hydrogen-bond acceptors (Lipinski definition) is 8. The number of carbonyl (C=O) groups excluding carboxylic acids is 1. The number of rotatable bonds is 4. The Labute approximate surface area is 212 Å². The standard InChI is InChI=1S/C27H42O9/c1-13(28)27(34)11-8-18-16-5-4-14-12-15(6-9-25(14,2)17(16)7-10-26(18,27)3)35-24-21(31)19(29)20(30)22(36-24)23(32)33/h14-22,24,29-31,34H,4-12H2,1-3H3,(H,32,33)/t14-,15-,16?,17?,18?,19+,20+,21-,22+,24-,25?,26+,27-/m1/s1. The van der Waals surface area contributed by atoms with Gasteiger partial charge in [-0.05, 0) is 93.8 Å². The van der Waals surface area contributed by atoms with Crippen molar-refractivity contribution in [3.05, 3.63) is 0 Å². The van der Waals surface area contributed by atoms with Gasteiger partial charge in [-0.2, -0.15) is 0 Å². The third-order valence-corrected chi connectivity index (χ3v) is 11.5. The highest BCUT2D eigenvalue weighted by Gasteiger charge is 2.66. The Bertz CT molecular complexity index is 894. The van der Waals surface area contributed by atoms with E-state index < -0.39 is 42.3 Å². The van der Waals surface area contributed by atoms with Gasteiger partial charge in [0.2, 0.25) is 0 Å². The summed E-state index contributed by atoms with van der Waals surface area (Å²) in [5, 5.41) is 51.1. The summed E-state index contributed by atoms with van der Waals surface area (Å²) < 4.78 is 11.4. The van der Waals surface area contributed by atoms with Crippen molar-refractivity contribution in [2.24, 2.45) is 34.5 Å². The first kappa shape index (κ1) is 26.5. The maximum atomic E-state index is 12.4. The van der Waals surface area contributed by atoms with E-state index in [0.29, 0.717) is 30.1 Å². The molecule has 0 bridgehead atoms. The van der Waals surface area contributed by atoms with E-state index in [2.05, 4.69) is 13.8 Å². The first-order valence-corrected chi connectivity index (χ1v) is 13.6. The molecule has 5 aliphatic rings. The third kappa shape index (κ3) is 3.72.